The van der Waals surface area contributed by atoms with E-state index in [0.717, 1.165) is 26.8 Å². The first-order valence-corrected chi connectivity index (χ1v) is 8.63. The predicted molar refractivity (Wildman–Crippen MR) is 95.5 cm³/mol. The molecule has 0 aliphatic rings. The minimum absolute atomic E-state index is 0.198. The molecule has 0 saturated heterocycles. The third-order valence-corrected chi connectivity index (χ3v) is 4.36. The van der Waals surface area contributed by atoms with E-state index in [4.69, 9.17) is 16.3 Å². The fraction of sp³-hybridized carbons (Fsp3) is 0.250. The molecular formula is C16H16Br2ClNO. The quantitative estimate of drug-likeness (QED) is 0.595. The van der Waals surface area contributed by atoms with Gasteiger partial charge in [0.15, 0.2) is 0 Å². The van der Waals surface area contributed by atoms with Gasteiger partial charge < -0.3 is 10.1 Å². The maximum atomic E-state index is 6.21. The molecule has 0 amide bonds. The Balaban J connectivity index is 2.38. The van der Waals surface area contributed by atoms with E-state index >= 15 is 0 Å². The zero-order valence-corrected chi connectivity index (χ0v) is 15.7. The van der Waals surface area contributed by atoms with Crippen LogP contribution in [0, 0.1) is 0 Å². The summed E-state index contributed by atoms with van der Waals surface area (Å²) in [6.45, 7) is 5.09. The Morgan fingerprint density at radius 2 is 1.71 bits per heavy atom. The van der Waals surface area contributed by atoms with Crippen LogP contribution in [0.1, 0.15) is 25.5 Å². The molecule has 0 spiro atoms. The van der Waals surface area contributed by atoms with E-state index in [1.165, 1.54) is 0 Å². The van der Waals surface area contributed by atoms with Gasteiger partial charge in [0, 0.05) is 20.6 Å². The lowest BCUT2D eigenvalue weighted by Crippen LogP contribution is -2.18. The first-order valence-electron chi connectivity index (χ1n) is 6.67. The molecule has 2 aromatic carbocycles. The largest absolute Gasteiger partial charge is 0.455 e. The van der Waals surface area contributed by atoms with E-state index in [-0.39, 0.29) is 6.04 Å². The van der Waals surface area contributed by atoms with Gasteiger partial charge in [0.05, 0.1) is 5.02 Å². The van der Waals surface area contributed by atoms with Crippen molar-refractivity contribution in [1.29, 1.82) is 0 Å². The second-order valence-corrected chi connectivity index (χ2v) is 6.88. The van der Waals surface area contributed by atoms with E-state index in [1.54, 1.807) is 0 Å². The normalized spacial score (nSPS) is 12.2. The summed E-state index contributed by atoms with van der Waals surface area (Å²) in [6.07, 6.45) is 0. The van der Waals surface area contributed by atoms with Crippen LogP contribution in [0.2, 0.25) is 5.02 Å². The van der Waals surface area contributed by atoms with Crippen molar-refractivity contribution < 1.29 is 4.74 Å². The van der Waals surface area contributed by atoms with E-state index in [9.17, 15) is 0 Å². The molecule has 2 aromatic rings. The second-order valence-electron chi connectivity index (χ2n) is 4.64. The van der Waals surface area contributed by atoms with Crippen LogP contribution in [0.5, 0.6) is 11.5 Å². The standard InChI is InChI=1S/C16H16Br2ClNO/c1-3-20-10(2)13-6-4-11(17)8-15(13)21-16-9-12(18)5-7-14(16)19/h4-10,20H,3H2,1-2H3. The number of halogens is 3. The molecule has 2 nitrogen and oxygen atoms in total. The first kappa shape index (κ1) is 16.8. The van der Waals surface area contributed by atoms with Crippen LogP contribution in [-0.4, -0.2) is 6.54 Å². The Hall–Kier alpha value is -0.550. The molecule has 1 N–H and O–H groups in total. The number of hydrogen-bond acceptors (Lipinski definition) is 2. The van der Waals surface area contributed by atoms with E-state index in [1.807, 2.05) is 30.3 Å². The van der Waals surface area contributed by atoms with E-state index in [0.29, 0.717) is 10.8 Å². The van der Waals surface area contributed by atoms with E-state index in [2.05, 4.69) is 57.1 Å². The molecule has 0 saturated carbocycles. The average Bonchev–Trinajstić information content (AvgIpc) is 2.43. The minimum Gasteiger partial charge on any atom is -0.455 e. The molecule has 0 aromatic heterocycles. The molecule has 0 aliphatic heterocycles. The molecule has 0 fully saturated rings. The molecule has 112 valence electrons. The Morgan fingerprint density at radius 1 is 1.10 bits per heavy atom. The summed E-state index contributed by atoms with van der Waals surface area (Å²) in [7, 11) is 0. The van der Waals surface area contributed by atoms with Crippen LogP contribution in [0.15, 0.2) is 45.3 Å². The molecule has 0 aliphatic carbocycles. The third kappa shape index (κ3) is 4.46. The van der Waals surface area contributed by atoms with Crippen LogP contribution in [0.25, 0.3) is 0 Å². The van der Waals surface area contributed by atoms with Crippen molar-refractivity contribution in [1.82, 2.24) is 5.32 Å². The maximum Gasteiger partial charge on any atom is 0.147 e. The molecule has 0 heterocycles. The molecule has 5 heteroatoms. The lowest BCUT2D eigenvalue weighted by atomic mass is 10.1. The van der Waals surface area contributed by atoms with E-state index < -0.39 is 0 Å². The minimum atomic E-state index is 0.198. The summed E-state index contributed by atoms with van der Waals surface area (Å²) in [5, 5.41) is 3.98. The van der Waals surface area contributed by atoms with Crippen LogP contribution in [0.3, 0.4) is 0 Å². The second kappa shape index (κ2) is 7.63. The van der Waals surface area contributed by atoms with Crippen LogP contribution in [0.4, 0.5) is 0 Å². The Labute approximate surface area is 147 Å². The SMILES string of the molecule is CCNC(C)c1ccc(Br)cc1Oc1cc(Br)ccc1Cl. The fourth-order valence-electron chi connectivity index (χ4n) is 2.04. The van der Waals surface area contributed by atoms with Gasteiger partial charge in [-0.1, -0.05) is 56.5 Å². The molecule has 1 atom stereocenters. The number of nitrogens with one attached hydrogen (secondary N) is 1. The third-order valence-electron chi connectivity index (χ3n) is 3.07. The number of rotatable bonds is 5. The van der Waals surface area contributed by atoms with Gasteiger partial charge in [-0.3, -0.25) is 0 Å². The van der Waals surface area contributed by atoms with Gasteiger partial charge in [0.25, 0.3) is 0 Å². The highest BCUT2D eigenvalue weighted by molar-refractivity contribution is 9.10. The highest BCUT2D eigenvalue weighted by atomic mass is 79.9. The molecule has 1 unspecified atom stereocenters. The summed E-state index contributed by atoms with van der Waals surface area (Å²) < 4.78 is 7.93. The van der Waals surface area contributed by atoms with Crippen molar-refractivity contribution >= 4 is 43.5 Å². The summed E-state index contributed by atoms with van der Waals surface area (Å²) in [5.74, 6) is 1.42. The Bertz CT molecular complexity index is 634. The van der Waals surface area contributed by atoms with Gasteiger partial charge in [0.2, 0.25) is 0 Å². The molecule has 21 heavy (non-hydrogen) atoms. The zero-order chi connectivity index (χ0) is 15.4. The number of hydrogen-bond donors (Lipinski definition) is 1. The first-order chi connectivity index (χ1) is 10.0. The lowest BCUT2D eigenvalue weighted by Gasteiger charge is -2.18. The van der Waals surface area contributed by atoms with Crippen molar-refractivity contribution in [3.8, 4) is 11.5 Å². The zero-order valence-electron chi connectivity index (χ0n) is 11.8. The van der Waals surface area contributed by atoms with Gasteiger partial charge in [-0.05, 0) is 43.8 Å². The monoisotopic (exact) mass is 431 g/mol. The predicted octanol–water partition coefficient (Wildman–Crippen LogP) is 6.33. The lowest BCUT2D eigenvalue weighted by molar-refractivity contribution is 0.462. The number of benzene rings is 2. The molecule has 0 bridgehead atoms. The topological polar surface area (TPSA) is 21.3 Å². The molecular weight excluding hydrogens is 417 g/mol. The van der Waals surface area contributed by atoms with Crippen molar-refractivity contribution in [3.05, 3.63) is 55.9 Å². The Kier molecular flexibility index (Phi) is 6.11. The Morgan fingerprint density at radius 3 is 2.38 bits per heavy atom. The van der Waals surface area contributed by atoms with Gasteiger partial charge in [-0.25, -0.2) is 0 Å². The average molecular weight is 434 g/mol. The fourth-order valence-corrected chi connectivity index (χ4v) is 2.88. The van der Waals surface area contributed by atoms with Crippen molar-refractivity contribution in [2.45, 2.75) is 19.9 Å². The van der Waals surface area contributed by atoms with Gasteiger partial charge in [-0.15, -0.1) is 0 Å². The van der Waals surface area contributed by atoms with Crippen molar-refractivity contribution in [2.75, 3.05) is 6.54 Å². The van der Waals surface area contributed by atoms with Gasteiger partial charge in [0.1, 0.15) is 11.5 Å². The highest BCUT2D eigenvalue weighted by Crippen LogP contribution is 2.36. The highest BCUT2D eigenvalue weighted by Gasteiger charge is 2.13. The molecule has 2 rings (SSSR count). The summed E-state index contributed by atoms with van der Waals surface area (Å²) >= 11 is 13.1. The summed E-state index contributed by atoms with van der Waals surface area (Å²) in [6, 6.07) is 11.8. The number of ether oxygens (including phenoxy) is 1. The summed E-state index contributed by atoms with van der Waals surface area (Å²) in [4.78, 5) is 0. The van der Waals surface area contributed by atoms with Crippen LogP contribution >= 0.6 is 43.5 Å². The van der Waals surface area contributed by atoms with Crippen molar-refractivity contribution in [2.24, 2.45) is 0 Å². The van der Waals surface area contributed by atoms with Crippen LogP contribution in [-0.2, 0) is 0 Å². The van der Waals surface area contributed by atoms with Gasteiger partial charge >= 0.3 is 0 Å². The maximum absolute atomic E-state index is 6.21. The van der Waals surface area contributed by atoms with Crippen molar-refractivity contribution in [3.63, 3.8) is 0 Å². The smallest absolute Gasteiger partial charge is 0.147 e. The van der Waals surface area contributed by atoms with Crippen LogP contribution < -0.4 is 10.1 Å². The summed E-state index contributed by atoms with van der Waals surface area (Å²) in [5.41, 5.74) is 1.09. The van der Waals surface area contributed by atoms with Gasteiger partial charge in [-0.2, -0.15) is 0 Å². The molecule has 0 radical (unpaired) electrons.